The topological polar surface area (TPSA) is 38.7 Å². The van der Waals surface area contributed by atoms with Crippen LogP contribution >= 0.6 is 20.2 Å². The quantitative estimate of drug-likeness (QED) is 0.407. The second kappa shape index (κ2) is 22.7. The predicted octanol–water partition coefficient (Wildman–Crippen LogP) is 3.78. The molecule has 0 aliphatic carbocycles. The van der Waals surface area contributed by atoms with Gasteiger partial charge in [-0.3, -0.25) is 9.97 Å². The van der Waals surface area contributed by atoms with Crippen LogP contribution in [0.2, 0.25) is 0 Å². The number of pyridine rings is 2. The summed E-state index contributed by atoms with van der Waals surface area (Å²) in [5, 5.41) is 0. The Balaban J connectivity index is -0.000000462. The average Bonchev–Trinajstić information content (AvgIpc) is 2.61. The predicted molar refractivity (Wildman–Crippen MR) is 130 cm³/mol. The Hall–Kier alpha value is 0.278. The number of rotatable bonds is 8. The van der Waals surface area contributed by atoms with Crippen molar-refractivity contribution in [3.05, 3.63) is 59.2 Å². The van der Waals surface area contributed by atoms with Gasteiger partial charge in [-0.1, -0.05) is 12.1 Å². The van der Waals surface area contributed by atoms with Crippen LogP contribution in [-0.4, -0.2) is 85.9 Å². The second-order valence-corrected chi connectivity index (χ2v) is 9.79. The Morgan fingerprint density at radius 1 is 0.545 bits per heavy atom. The number of hydrogen-bond acceptors (Lipinski definition) is 6. The van der Waals surface area contributed by atoms with E-state index < -0.39 is 0 Å². The normalized spacial score (nSPS) is 10.2. The molecule has 2 rings (SSSR count). The molecule has 0 bridgehead atoms. The van der Waals surface area contributed by atoms with Crippen molar-refractivity contribution in [3.8, 4) is 0 Å². The van der Waals surface area contributed by atoms with E-state index in [1.165, 1.54) is 0 Å². The minimum Gasteiger partial charge on any atom is 0 e. The zero-order valence-electron chi connectivity index (χ0n) is 20.6. The van der Waals surface area contributed by atoms with E-state index in [9.17, 15) is 0 Å². The minimum absolute atomic E-state index is 0. The van der Waals surface area contributed by atoms with Crippen molar-refractivity contribution in [2.24, 2.45) is 0 Å². The molecule has 203 valence electrons. The molecule has 0 unspecified atom stereocenters. The zero-order valence-corrected chi connectivity index (χ0v) is 25.0. The van der Waals surface area contributed by atoms with Gasteiger partial charge in [-0.2, -0.15) is 0 Å². The molecular formula is C22H38Cl2Cu3N6. The molecule has 0 aliphatic heterocycles. The van der Waals surface area contributed by atoms with Crippen molar-refractivity contribution in [1.82, 2.24) is 29.6 Å². The summed E-state index contributed by atoms with van der Waals surface area (Å²) >= 11 is 0.757. The van der Waals surface area contributed by atoms with Crippen LogP contribution in [0.1, 0.15) is 22.8 Å². The van der Waals surface area contributed by atoms with E-state index in [1.807, 2.05) is 0 Å². The maximum atomic E-state index is 4.67. The number of hydrogen-bond donors (Lipinski definition) is 0. The maximum absolute atomic E-state index is 4.67. The van der Waals surface area contributed by atoms with Gasteiger partial charge >= 0.3 is 33.3 Å². The SMILES string of the molecule is CN(C)Cc1cccc(CN(C)C)n1.CN(C)Cc1cccc(CN(C)C)n1.[Cl][Cu][Cl].[Cu].[Cu]. The van der Waals surface area contributed by atoms with Crippen LogP contribution in [0.25, 0.3) is 0 Å². The summed E-state index contributed by atoms with van der Waals surface area (Å²) in [6.45, 7) is 3.62. The van der Waals surface area contributed by atoms with Crippen LogP contribution in [0.15, 0.2) is 36.4 Å². The summed E-state index contributed by atoms with van der Waals surface area (Å²) in [5.41, 5.74) is 4.53. The summed E-state index contributed by atoms with van der Waals surface area (Å²) in [6, 6.07) is 12.4. The molecule has 0 aromatic carbocycles. The van der Waals surface area contributed by atoms with Gasteiger partial charge < -0.3 is 19.6 Å². The molecular weight excluding hydrogens is 610 g/mol. The molecule has 2 radical (unpaired) electrons. The van der Waals surface area contributed by atoms with Gasteiger partial charge in [-0.25, -0.2) is 0 Å². The van der Waals surface area contributed by atoms with Crippen LogP contribution in [0.4, 0.5) is 0 Å². The molecule has 0 N–H and O–H groups in total. The van der Waals surface area contributed by atoms with E-state index in [1.54, 1.807) is 0 Å². The molecule has 0 saturated carbocycles. The second-order valence-electron chi connectivity index (χ2n) is 8.23. The van der Waals surface area contributed by atoms with E-state index in [-0.39, 0.29) is 34.1 Å². The van der Waals surface area contributed by atoms with E-state index in [0.29, 0.717) is 0 Å². The zero-order chi connectivity index (χ0) is 23.8. The molecule has 2 aromatic heterocycles. The third-order valence-corrected chi connectivity index (χ3v) is 3.64. The first-order valence-electron chi connectivity index (χ1n) is 9.87. The minimum atomic E-state index is 0. The fraction of sp³-hybridized carbons (Fsp3) is 0.545. The van der Waals surface area contributed by atoms with Gasteiger partial charge in [0.25, 0.3) is 0 Å². The average molecular weight is 648 g/mol. The Morgan fingerprint density at radius 3 is 0.879 bits per heavy atom. The standard InChI is InChI=1S/2C11H19N3.2ClH.3Cu/c2*1-13(2)8-10-6-5-7-11(12-10)9-14(3)4;;;;;/h2*5-7H,8-9H2,1-4H3;2*1H;;;/q;;;;;;+2/p-2. The van der Waals surface area contributed by atoms with Gasteiger partial charge in [0.1, 0.15) is 0 Å². The fourth-order valence-corrected chi connectivity index (χ4v) is 2.71. The van der Waals surface area contributed by atoms with E-state index in [4.69, 9.17) is 0 Å². The van der Waals surface area contributed by atoms with Gasteiger partial charge in [-0.05, 0) is 80.6 Å². The maximum Gasteiger partial charge on any atom is 0 e. The molecule has 0 spiro atoms. The van der Waals surface area contributed by atoms with Crippen molar-refractivity contribution in [2.75, 3.05) is 56.4 Å². The Labute approximate surface area is 237 Å². The third-order valence-electron chi connectivity index (χ3n) is 3.64. The molecule has 0 fully saturated rings. The molecule has 11 heteroatoms. The fourth-order valence-electron chi connectivity index (χ4n) is 2.71. The molecule has 0 saturated heterocycles. The summed E-state index contributed by atoms with van der Waals surface area (Å²) in [7, 11) is 25.8. The van der Waals surface area contributed by atoms with Crippen molar-refractivity contribution >= 4 is 20.2 Å². The van der Waals surface area contributed by atoms with Crippen LogP contribution < -0.4 is 0 Å². The summed E-state index contributed by atoms with van der Waals surface area (Å²) < 4.78 is 0. The molecule has 33 heavy (non-hydrogen) atoms. The summed E-state index contributed by atoms with van der Waals surface area (Å²) in [6.07, 6.45) is 0. The van der Waals surface area contributed by atoms with Gasteiger partial charge in [0.2, 0.25) is 0 Å². The molecule has 2 aromatic rings. The van der Waals surface area contributed by atoms with Gasteiger partial charge in [-0.15, -0.1) is 0 Å². The van der Waals surface area contributed by atoms with Crippen LogP contribution in [0.5, 0.6) is 0 Å². The monoisotopic (exact) mass is 645 g/mol. The first-order valence-corrected chi connectivity index (χ1v) is 12.5. The first kappa shape index (κ1) is 37.8. The number of nitrogens with zero attached hydrogens (tertiary/aromatic N) is 6. The van der Waals surface area contributed by atoms with Crippen LogP contribution in [-0.2, 0) is 73.4 Å². The molecule has 0 atom stereocenters. The van der Waals surface area contributed by atoms with E-state index >= 15 is 0 Å². The van der Waals surface area contributed by atoms with Crippen molar-refractivity contribution < 1.29 is 47.3 Å². The van der Waals surface area contributed by atoms with E-state index in [0.717, 1.165) is 62.1 Å². The van der Waals surface area contributed by atoms with Crippen molar-refractivity contribution in [1.29, 1.82) is 0 Å². The van der Waals surface area contributed by atoms with Crippen LogP contribution in [0, 0.1) is 0 Å². The Kier molecular flexibility index (Phi) is 26.0. The molecule has 6 nitrogen and oxygen atoms in total. The molecule has 2 heterocycles. The van der Waals surface area contributed by atoms with Gasteiger partial charge in [0, 0.05) is 60.3 Å². The molecule has 0 amide bonds. The van der Waals surface area contributed by atoms with Gasteiger partial charge in [0.05, 0.1) is 22.8 Å². The number of halogens is 2. The Bertz CT molecular complexity index is 612. The van der Waals surface area contributed by atoms with Crippen molar-refractivity contribution in [2.45, 2.75) is 26.2 Å². The molecule has 0 aliphatic rings. The van der Waals surface area contributed by atoms with Gasteiger partial charge in [0.15, 0.2) is 0 Å². The first-order chi connectivity index (χ1) is 14.6. The summed E-state index contributed by atoms with van der Waals surface area (Å²) in [4.78, 5) is 17.6. The largest absolute Gasteiger partial charge is 0 e. The smallest absolute Gasteiger partial charge is 0 e. The van der Waals surface area contributed by atoms with Crippen molar-refractivity contribution in [3.63, 3.8) is 0 Å². The Morgan fingerprint density at radius 2 is 0.727 bits per heavy atom. The number of aromatic nitrogens is 2. The third kappa shape index (κ3) is 22.5. The summed E-state index contributed by atoms with van der Waals surface area (Å²) in [5.74, 6) is 0. The van der Waals surface area contributed by atoms with Crippen LogP contribution in [0.3, 0.4) is 0 Å². The van der Waals surface area contributed by atoms with E-state index in [2.05, 4.69) is 143 Å².